The lowest BCUT2D eigenvalue weighted by Gasteiger charge is -2.20. The van der Waals surface area contributed by atoms with Crippen LogP contribution in [0.4, 0.5) is 0 Å². The number of aromatic amines is 1. The van der Waals surface area contributed by atoms with E-state index in [-0.39, 0.29) is 12.4 Å². The Kier molecular flexibility index (Phi) is 5.25. The lowest BCUT2D eigenvalue weighted by atomic mass is 10.2. The van der Waals surface area contributed by atoms with Crippen LogP contribution in [0, 0.1) is 6.92 Å². The van der Waals surface area contributed by atoms with E-state index in [1.807, 2.05) is 25.1 Å². The van der Waals surface area contributed by atoms with Crippen molar-refractivity contribution in [3.8, 4) is 11.5 Å². The number of aryl methyl sites for hydroxylation is 1. The van der Waals surface area contributed by atoms with Crippen molar-refractivity contribution in [2.45, 2.75) is 26.9 Å². The number of carbonyl (C=O) groups is 1. The second kappa shape index (κ2) is 7.84. The van der Waals surface area contributed by atoms with Crippen LogP contribution in [0.1, 0.15) is 33.5 Å². The number of nitrogens with zero attached hydrogens (tertiary/aromatic N) is 2. The second-order valence-corrected chi connectivity index (χ2v) is 7.73. The first-order valence-corrected chi connectivity index (χ1v) is 10.0. The normalized spacial score (nSPS) is 12.7. The zero-order valence-corrected chi connectivity index (χ0v) is 17.2. The molecule has 152 valence electrons. The Balaban J connectivity index is 1.58. The summed E-state index contributed by atoms with van der Waals surface area (Å²) in [5.74, 6) is 1.60. The highest BCUT2D eigenvalue weighted by Gasteiger charge is 2.20. The summed E-state index contributed by atoms with van der Waals surface area (Å²) in [4.78, 5) is 35.1. The van der Waals surface area contributed by atoms with Crippen molar-refractivity contribution in [1.29, 1.82) is 0 Å². The second-order valence-electron chi connectivity index (χ2n) is 6.73. The van der Waals surface area contributed by atoms with E-state index in [2.05, 4.69) is 14.9 Å². The smallest absolute Gasteiger partial charge is 0.348 e. The molecule has 0 atom stereocenters. The minimum Gasteiger partial charge on any atom is -0.465 e. The van der Waals surface area contributed by atoms with Gasteiger partial charge in [-0.15, -0.1) is 11.3 Å². The van der Waals surface area contributed by atoms with Gasteiger partial charge in [0.05, 0.1) is 19.0 Å². The van der Waals surface area contributed by atoms with E-state index in [1.165, 1.54) is 18.4 Å². The molecule has 0 aliphatic carbocycles. The molecule has 4 rings (SSSR count). The Labute approximate surface area is 171 Å². The Morgan fingerprint density at radius 3 is 2.86 bits per heavy atom. The van der Waals surface area contributed by atoms with Crippen molar-refractivity contribution in [2.24, 2.45) is 0 Å². The number of carbonyl (C=O) groups excluding carboxylic acids is 1. The fourth-order valence-corrected chi connectivity index (χ4v) is 4.46. The molecular weight excluding hydrogens is 394 g/mol. The number of methoxy groups -OCH3 is 1. The first-order valence-electron chi connectivity index (χ1n) is 9.21. The fraction of sp³-hybridized carbons (Fsp3) is 0.350. The molecule has 0 amide bonds. The number of ether oxygens (including phenoxy) is 3. The van der Waals surface area contributed by atoms with Crippen LogP contribution in [0.2, 0.25) is 0 Å². The third-order valence-corrected chi connectivity index (χ3v) is 6.05. The molecule has 3 aromatic rings. The van der Waals surface area contributed by atoms with Gasteiger partial charge < -0.3 is 19.2 Å². The van der Waals surface area contributed by atoms with Gasteiger partial charge in [-0.05, 0) is 36.7 Å². The number of thiophene rings is 1. The highest BCUT2D eigenvalue weighted by molar-refractivity contribution is 7.20. The standard InChI is InChI=1S/C20H21N3O5S/c1-4-23(8-12-5-6-13-14(7-12)28-10-27-13)9-15-21-18(24)16-11(2)17(20(25)26-3)29-19(16)22-15/h5-7H,4,8-10H2,1-3H3,(H,21,22,24). The maximum Gasteiger partial charge on any atom is 0.348 e. The van der Waals surface area contributed by atoms with E-state index in [0.29, 0.717) is 39.6 Å². The molecule has 1 N–H and O–H groups in total. The van der Waals surface area contributed by atoms with E-state index in [9.17, 15) is 9.59 Å². The molecule has 0 saturated heterocycles. The first-order chi connectivity index (χ1) is 14.0. The number of esters is 1. The summed E-state index contributed by atoms with van der Waals surface area (Å²) in [6.45, 7) is 5.95. The first kappa shape index (κ1) is 19.4. The summed E-state index contributed by atoms with van der Waals surface area (Å²) in [6, 6.07) is 5.87. The van der Waals surface area contributed by atoms with Gasteiger partial charge in [0.15, 0.2) is 11.5 Å². The van der Waals surface area contributed by atoms with Gasteiger partial charge >= 0.3 is 5.97 Å². The molecule has 1 aliphatic rings. The quantitative estimate of drug-likeness (QED) is 0.619. The van der Waals surface area contributed by atoms with Gasteiger partial charge in [-0.3, -0.25) is 9.69 Å². The van der Waals surface area contributed by atoms with Gasteiger partial charge in [0, 0.05) is 6.54 Å². The monoisotopic (exact) mass is 415 g/mol. The van der Waals surface area contributed by atoms with Crippen molar-refractivity contribution >= 4 is 27.5 Å². The molecule has 3 heterocycles. The SMILES string of the molecule is CCN(Cc1ccc2c(c1)OCO2)Cc1nc2sc(C(=O)OC)c(C)c2c(=O)[nH]1. The third kappa shape index (κ3) is 3.70. The highest BCUT2D eigenvalue weighted by atomic mass is 32.1. The molecule has 0 radical (unpaired) electrons. The molecule has 1 aromatic carbocycles. The molecule has 0 unspecified atom stereocenters. The zero-order chi connectivity index (χ0) is 20.5. The molecule has 8 nitrogen and oxygen atoms in total. The lowest BCUT2D eigenvalue weighted by molar-refractivity contribution is 0.0605. The average Bonchev–Trinajstić information content (AvgIpc) is 3.31. The maximum absolute atomic E-state index is 12.6. The Hall–Kier alpha value is -2.91. The van der Waals surface area contributed by atoms with Crippen LogP contribution in [0.3, 0.4) is 0 Å². The van der Waals surface area contributed by atoms with Crippen LogP contribution in [0.5, 0.6) is 11.5 Å². The molecule has 9 heteroatoms. The molecule has 0 bridgehead atoms. The number of hydrogen-bond donors (Lipinski definition) is 1. The van der Waals surface area contributed by atoms with Crippen molar-refractivity contribution in [3.63, 3.8) is 0 Å². The molecule has 0 fully saturated rings. The zero-order valence-electron chi connectivity index (χ0n) is 16.4. The van der Waals surface area contributed by atoms with Crippen LogP contribution in [-0.4, -0.2) is 41.3 Å². The summed E-state index contributed by atoms with van der Waals surface area (Å²) < 4.78 is 15.6. The topological polar surface area (TPSA) is 93.8 Å². The molecule has 0 saturated carbocycles. The van der Waals surface area contributed by atoms with Crippen LogP contribution in [0.15, 0.2) is 23.0 Å². The van der Waals surface area contributed by atoms with Gasteiger partial charge in [-0.1, -0.05) is 13.0 Å². The van der Waals surface area contributed by atoms with Crippen molar-refractivity contribution in [2.75, 3.05) is 20.4 Å². The summed E-state index contributed by atoms with van der Waals surface area (Å²) in [6.07, 6.45) is 0. The Bertz CT molecular complexity index is 1140. The summed E-state index contributed by atoms with van der Waals surface area (Å²) >= 11 is 1.18. The van der Waals surface area contributed by atoms with Gasteiger partial charge in [0.2, 0.25) is 6.79 Å². The van der Waals surface area contributed by atoms with E-state index < -0.39 is 5.97 Å². The predicted molar refractivity (Wildman–Crippen MR) is 109 cm³/mol. The average molecular weight is 415 g/mol. The predicted octanol–water partition coefficient (Wildman–Crippen LogP) is 2.83. The van der Waals surface area contributed by atoms with Gasteiger partial charge in [0.25, 0.3) is 5.56 Å². The van der Waals surface area contributed by atoms with Gasteiger partial charge in [0.1, 0.15) is 15.5 Å². The molecular formula is C20H21N3O5S. The van der Waals surface area contributed by atoms with Gasteiger partial charge in [-0.2, -0.15) is 0 Å². The molecule has 29 heavy (non-hydrogen) atoms. The van der Waals surface area contributed by atoms with Crippen LogP contribution >= 0.6 is 11.3 Å². The van der Waals surface area contributed by atoms with E-state index in [4.69, 9.17) is 14.2 Å². The van der Waals surface area contributed by atoms with E-state index >= 15 is 0 Å². The van der Waals surface area contributed by atoms with E-state index in [0.717, 1.165) is 23.6 Å². The number of aromatic nitrogens is 2. The number of hydrogen-bond acceptors (Lipinski definition) is 8. The number of benzene rings is 1. The number of fused-ring (bicyclic) bond motifs is 2. The van der Waals surface area contributed by atoms with Crippen LogP contribution in [-0.2, 0) is 17.8 Å². The summed E-state index contributed by atoms with van der Waals surface area (Å²) in [5, 5.41) is 0.443. The van der Waals surface area contributed by atoms with Crippen molar-refractivity contribution < 1.29 is 19.0 Å². The minimum atomic E-state index is -0.454. The Morgan fingerprint density at radius 1 is 1.31 bits per heavy atom. The largest absolute Gasteiger partial charge is 0.465 e. The lowest BCUT2D eigenvalue weighted by Crippen LogP contribution is -2.25. The molecule has 0 spiro atoms. The summed E-state index contributed by atoms with van der Waals surface area (Å²) in [7, 11) is 1.32. The van der Waals surface area contributed by atoms with E-state index in [1.54, 1.807) is 6.92 Å². The maximum atomic E-state index is 12.6. The Morgan fingerprint density at radius 2 is 2.10 bits per heavy atom. The molecule has 1 aliphatic heterocycles. The van der Waals surface area contributed by atoms with Crippen LogP contribution < -0.4 is 15.0 Å². The summed E-state index contributed by atoms with van der Waals surface area (Å²) in [5.41, 5.74) is 1.44. The van der Waals surface area contributed by atoms with Crippen molar-refractivity contribution in [3.05, 3.63) is 50.4 Å². The number of H-pyrrole nitrogens is 1. The minimum absolute atomic E-state index is 0.243. The fourth-order valence-electron chi connectivity index (χ4n) is 3.34. The highest BCUT2D eigenvalue weighted by Crippen LogP contribution is 2.33. The number of nitrogens with one attached hydrogen (secondary N) is 1. The molecule has 2 aromatic heterocycles. The van der Waals surface area contributed by atoms with Crippen LogP contribution in [0.25, 0.3) is 10.2 Å². The van der Waals surface area contributed by atoms with Gasteiger partial charge in [-0.25, -0.2) is 9.78 Å². The number of rotatable bonds is 6. The van der Waals surface area contributed by atoms with Crippen molar-refractivity contribution in [1.82, 2.24) is 14.9 Å². The third-order valence-electron chi connectivity index (χ3n) is 4.88.